The highest BCUT2D eigenvalue weighted by atomic mass is 35.5. The van der Waals surface area contributed by atoms with Gasteiger partial charge in [0.15, 0.2) is 28.4 Å². The molecule has 3 aromatic rings. The van der Waals surface area contributed by atoms with E-state index in [2.05, 4.69) is 25.6 Å². The number of nitrogens with one attached hydrogen (secondary N) is 2. The number of nitrogen functional groups attached to an aromatic ring is 2. The van der Waals surface area contributed by atoms with E-state index in [1.807, 2.05) is 48.5 Å². The van der Waals surface area contributed by atoms with Crippen molar-refractivity contribution in [3.8, 4) is 11.1 Å². The summed E-state index contributed by atoms with van der Waals surface area (Å²) in [5.41, 5.74) is 20.9. The van der Waals surface area contributed by atoms with Crippen molar-refractivity contribution in [3.05, 3.63) is 70.5 Å². The molecule has 0 fully saturated rings. The van der Waals surface area contributed by atoms with Gasteiger partial charge in [0.1, 0.15) is 36.6 Å². The number of halogens is 1. The monoisotopic (exact) mass is 879 g/mol. The summed E-state index contributed by atoms with van der Waals surface area (Å²) in [4.78, 5) is 38.1. The van der Waals surface area contributed by atoms with Crippen LogP contribution in [0.15, 0.2) is 53.5 Å². The van der Waals surface area contributed by atoms with Gasteiger partial charge in [-0.15, -0.1) is 0 Å². The number of unbranched alkanes of at least 4 members (excludes halogenated alkanes) is 1. The van der Waals surface area contributed by atoms with Gasteiger partial charge >= 0.3 is 0 Å². The highest BCUT2D eigenvalue weighted by Gasteiger charge is 2.34. The van der Waals surface area contributed by atoms with Gasteiger partial charge in [0.25, 0.3) is 5.91 Å². The molecule has 338 valence electrons. The Morgan fingerprint density at radius 3 is 1.70 bits per heavy atom. The van der Waals surface area contributed by atoms with Gasteiger partial charge in [-0.25, -0.2) is 9.97 Å². The van der Waals surface area contributed by atoms with Crippen LogP contribution in [0.3, 0.4) is 0 Å². The van der Waals surface area contributed by atoms with E-state index < -0.39 is 81.0 Å². The minimum Gasteiger partial charge on any atom is -0.394 e. The van der Waals surface area contributed by atoms with E-state index in [9.17, 15) is 50.4 Å². The van der Waals surface area contributed by atoms with Crippen LogP contribution in [-0.4, -0.2) is 178 Å². The fraction of sp³-hybridized carbons (Fsp3) is 0.513. The highest BCUT2D eigenvalue weighted by Crippen LogP contribution is 2.22. The fourth-order valence-electron chi connectivity index (χ4n) is 6.02. The number of amides is 2. The molecule has 8 atom stereocenters. The number of rotatable bonds is 25. The fourth-order valence-corrected chi connectivity index (χ4v) is 6.15. The third-order valence-corrected chi connectivity index (χ3v) is 9.97. The number of carbonyl (C=O) groups excluding carboxylic acids is 2. The summed E-state index contributed by atoms with van der Waals surface area (Å²) < 4.78 is 0. The molecule has 61 heavy (non-hydrogen) atoms. The summed E-state index contributed by atoms with van der Waals surface area (Å²) in [5, 5.41) is 104. The van der Waals surface area contributed by atoms with Crippen molar-refractivity contribution in [2.24, 2.45) is 10.7 Å². The third kappa shape index (κ3) is 16.3. The number of aliphatic hydroxyl groups excluding tert-OH is 10. The lowest BCUT2D eigenvalue weighted by Crippen LogP contribution is -2.54. The molecular weight excluding hydrogens is 822 g/mol. The SMILES string of the molecule is NC(=NCCCCc1ccc(-c2ccc(CCC(=O)NCCN(C[C@H](O)[C@H](O)[C@@H](O)[C@@H](O)CO)C[C@H](O)[C@@H](O)[C@H](O)[C@H](O)CO)cc2)cc1)NC(=O)c1nc(Cl)c(N)nc1N. The van der Waals surface area contributed by atoms with Crippen LogP contribution >= 0.6 is 11.6 Å². The van der Waals surface area contributed by atoms with Gasteiger partial charge in [0, 0.05) is 39.1 Å². The van der Waals surface area contributed by atoms with Crippen LogP contribution in [0.4, 0.5) is 11.6 Å². The summed E-state index contributed by atoms with van der Waals surface area (Å²) in [5.74, 6) is -1.41. The molecule has 0 spiro atoms. The number of guanidine groups is 1. The average Bonchev–Trinajstić information content (AvgIpc) is 3.25. The highest BCUT2D eigenvalue weighted by molar-refractivity contribution is 6.31. The smallest absolute Gasteiger partial charge is 0.280 e. The van der Waals surface area contributed by atoms with E-state index in [0.717, 1.165) is 35.1 Å². The maximum atomic E-state index is 12.7. The largest absolute Gasteiger partial charge is 0.394 e. The number of anilines is 2. The van der Waals surface area contributed by atoms with E-state index in [4.69, 9.17) is 39.0 Å². The molecule has 2 amide bonds. The predicted octanol–water partition coefficient (Wildman–Crippen LogP) is -3.75. The number of nitrogens with zero attached hydrogens (tertiary/aromatic N) is 4. The zero-order valence-electron chi connectivity index (χ0n) is 33.4. The van der Waals surface area contributed by atoms with Crippen LogP contribution in [-0.2, 0) is 17.6 Å². The Labute approximate surface area is 357 Å². The molecule has 0 aliphatic carbocycles. The number of aliphatic imine (C=N–C) groups is 1. The Kier molecular flexibility index (Phi) is 21.1. The Bertz CT molecular complexity index is 1820. The van der Waals surface area contributed by atoms with Gasteiger partial charge in [0.05, 0.1) is 25.4 Å². The molecule has 18 N–H and O–H groups in total. The Balaban J connectivity index is 1.44. The van der Waals surface area contributed by atoms with Gasteiger partial charge in [-0.2, -0.15) is 0 Å². The van der Waals surface area contributed by atoms with E-state index in [0.29, 0.717) is 19.4 Å². The first-order valence-electron chi connectivity index (χ1n) is 19.5. The lowest BCUT2D eigenvalue weighted by Gasteiger charge is -2.33. The molecule has 0 unspecified atom stereocenters. The summed E-state index contributed by atoms with van der Waals surface area (Å²) in [7, 11) is 0. The number of aromatic nitrogens is 2. The molecule has 1 heterocycles. The summed E-state index contributed by atoms with van der Waals surface area (Å²) in [6.07, 6.45) is -11.7. The first-order chi connectivity index (χ1) is 28.9. The van der Waals surface area contributed by atoms with Crippen molar-refractivity contribution in [1.82, 2.24) is 25.5 Å². The number of aliphatic hydroxyl groups is 10. The zero-order valence-corrected chi connectivity index (χ0v) is 34.2. The lowest BCUT2D eigenvalue weighted by molar-refractivity contribution is -0.130. The number of aryl methyl sites for hydroxylation is 2. The number of hydrogen-bond donors (Lipinski definition) is 15. The maximum Gasteiger partial charge on any atom is 0.280 e. The molecule has 0 radical (unpaired) electrons. The molecule has 0 saturated carbocycles. The first kappa shape index (κ1) is 50.7. The molecule has 0 saturated heterocycles. The average molecular weight is 880 g/mol. The van der Waals surface area contributed by atoms with Gasteiger partial charge < -0.3 is 73.6 Å². The molecular formula is C39H58ClN9O12. The molecule has 0 aliphatic rings. The summed E-state index contributed by atoms with van der Waals surface area (Å²) in [6.45, 7) is -2.36. The van der Waals surface area contributed by atoms with Gasteiger partial charge in [-0.1, -0.05) is 60.1 Å². The molecule has 2 aromatic carbocycles. The normalized spacial score (nSPS) is 16.0. The molecule has 22 heteroatoms. The van der Waals surface area contributed by atoms with Crippen LogP contribution in [0, 0.1) is 0 Å². The van der Waals surface area contributed by atoms with E-state index in [-0.39, 0.29) is 53.9 Å². The number of benzene rings is 2. The quantitative estimate of drug-likeness (QED) is 0.0221. The molecule has 3 rings (SSSR count). The van der Waals surface area contributed by atoms with Gasteiger partial charge in [-0.05, 0) is 47.9 Å². The van der Waals surface area contributed by atoms with Crippen LogP contribution in [0.1, 0.15) is 40.9 Å². The number of carbonyl (C=O) groups is 2. The molecule has 0 aliphatic heterocycles. The summed E-state index contributed by atoms with van der Waals surface area (Å²) >= 11 is 5.82. The third-order valence-electron chi connectivity index (χ3n) is 9.69. The van der Waals surface area contributed by atoms with Crippen molar-refractivity contribution < 1.29 is 60.7 Å². The molecule has 1 aromatic heterocycles. The Morgan fingerprint density at radius 1 is 0.705 bits per heavy atom. The van der Waals surface area contributed by atoms with Crippen molar-refractivity contribution in [2.45, 2.75) is 80.9 Å². The second kappa shape index (κ2) is 25.3. The van der Waals surface area contributed by atoms with Crippen LogP contribution in [0.2, 0.25) is 5.15 Å². The minimum atomic E-state index is -1.92. The zero-order chi connectivity index (χ0) is 45.2. The van der Waals surface area contributed by atoms with Gasteiger partial charge in [-0.3, -0.25) is 24.8 Å². The maximum absolute atomic E-state index is 12.7. The van der Waals surface area contributed by atoms with Crippen LogP contribution in [0.25, 0.3) is 11.1 Å². The number of nitrogens with two attached hydrogens (primary N) is 3. The van der Waals surface area contributed by atoms with E-state index >= 15 is 0 Å². The van der Waals surface area contributed by atoms with Crippen molar-refractivity contribution >= 4 is 41.0 Å². The van der Waals surface area contributed by atoms with Crippen molar-refractivity contribution in [3.63, 3.8) is 0 Å². The first-order valence-corrected chi connectivity index (χ1v) is 19.9. The molecule has 21 nitrogen and oxygen atoms in total. The predicted molar refractivity (Wildman–Crippen MR) is 225 cm³/mol. The second-order valence-electron chi connectivity index (χ2n) is 14.4. The van der Waals surface area contributed by atoms with Crippen molar-refractivity contribution in [2.75, 3.05) is 57.4 Å². The van der Waals surface area contributed by atoms with E-state index in [1.54, 1.807) is 0 Å². The minimum absolute atomic E-state index is 0.0137. The topological polar surface area (TPSA) is 380 Å². The lowest BCUT2D eigenvalue weighted by atomic mass is 9.99. The summed E-state index contributed by atoms with van der Waals surface area (Å²) in [6, 6.07) is 15.9. The standard InChI is InChI=1S/C39H58ClN9O12/c40-35-37(42)47-36(41)30(46-35)38(61)48-39(43)45-14-2-1-3-21-4-9-23(10-5-21)24-11-6-22(7-12-24)8-13-29(56)44-15-16-49(17-25(52)31(57)33(59)27(54)19-50)18-26(53)32(58)34(60)28(55)20-51/h4-7,9-12,25-28,31-34,50-55,57-60H,1-3,8,13-20H2,(H,44,56)(H4,41,42,47)(H3,43,45,48,61)/t25-,26-,27-,28+,31-,32+,33-,34+/m0/s1. The molecule has 0 bridgehead atoms. The van der Waals surface area contributed by atoms with Crippen LogP contribution < -0.4 is 27.8 Å². The Morgan fingerprint density at radius 2 is 1.20 bits per heavy atom. The Hall–Kier alpha value is -4.62. The number of hydrogen-bond acceptors (Lipinski definition) is 18. The van der Waals surface area contributed by atoms with E-state index in [1.165, 1.54) is 4.90 Å². The van der Waals surface area contributed by atoms with Crippen LogP contribution in [0.5, 0.6) is 0 Å². The van der Waals surface area contributed by atoms with Gasteiger partial charge in [0.2, 0.25) is 5.91 Å². The van der Waals surface area contributed by atoms with Crippen molar-refractivity contribution in [1.29, 1.82) is 0 Å². The second-order valence-corrected chi connectivity index (χ2v) is 14.8.